The Morgan fingerprint density at radius 2 is 2.10 bits per heavy atom. The average molecular weight is 283 g/mol. The fraction of sp³-hybridized carbons (Fsp3) is 0.438. The van der Waals surface area contributed by atoms with Crippen molar-refractivity contribution in [2.45, 2.75) is 38.6 Å². The molecule has 1 saturated heterocycles. The molecule has 2 heterocycles. The number of nitrogens with one attached hydrogen (secondary N) is 1. The van der Waals surface area contributed by atoms with Crippen molar-refractivity contribution in [1.29, 1.82) is 0 Å². The monoisotopic (exact) mass is 283 g/mol. The van der Waals surface area contributed by atoms with E-state index in [1.54, 1.807) is 6.20 Å². The Bertz CT molecular complexity index is 572. The molecule has 1 fully saturated rings. The number of piperidine rings is 1. The third kappa shape index (κ3) is 3.29. The molecule has 0 bridgehead atoms. The molecule has 0 radical (unpaired) electrons. The van der Waals surface area contributed by atoms with Gasteiger partial charge in [-0.25, -0.2) is 0 Å². The number of benzene rings is 1. The van der Waals surface area contributed by atoms with Gasteiger partial charge in [0.25, 0.3) is 0 Å². The number of rotatable bonds is 4. The summed E-state index contributed by atoms with van der Waals surface area (Å²) in [6.45, 7) is 3.25. The number of para-hydroxylation sites is 1. The Morgan fingerprint density at radius 3 is 2.90 bits per heavy atom. The number of nitrogens with zero attached hydrogens (tertiary/aromatic N) is 4. The van der Waals surface area contributed by atoms with Crippen molar-refractivity contribution in [1.82, 2.24) is 15.2 Å². The molecule has 5 heteroatoms. The average Bonchev–Trinajstić information content (AvgIpc) is 2.56. The summed E-state index contributed by atoms with van der Waals surface area (Å²) in [4.78, 5) is 6.93. The van der Waals surface area contributed by atoms with E-state index in [9.17, 15) is 0 Å². The zero-order valence-corrected chi connectivity index (χ0v) is 12.4. The van der Waals surface area contributed by atoms with E-state index in [2.05, 4.69) is 32.3 Å². The molecule has 3 rings (SSSR count). The largest absolute Gasteiger partial charge is 0.339 e. The van der Waals surface area contributed by atoms with Crippen LogP contribution in [0.1, 0.15) is 32.6 Å². The Kier molecular flexibility index (Phi) is 4.28. The Balaban J connectivity index is 1.79. The zero-order valence-electron chi connectivity index (χ0n) is 12.4. The van der Waals surface area contributed by atoms with Gasteiger partial charge in [-0.2, -0.15) is 10.1 Å². The summed E-state index contributed by atoms with van der Waals surface area (Å²) in [5, 5.41) is 11.6. The predicted octanol–water partition coefficient (Wildman–Crippen LogP) is 3.38. The lowest BCUT2D eigenvalue weighted by Gasteiger charge is -2.34. The van der Waals surface area contributed by atoms with Crippen LogP contribution in [0.5, 0.6) is 0 Å². The van der Waals surface area contributed by atoms with E-state index in [-0.39, 0.29) is 0 Å². The normalized spacial score (nSPS) is 18.5. The van der Waals surface area contributed by atoms with E-state index in [1.807, 2.05) is 30.3 Å². The van der Waals surface area contributed by atoms with E-state index in [0.29, 0.717) is 6.04 Å². The molecule has 1 atom stereocenters. The number of hydrogen-bond acceptors (Lipinski definition) is 5. The lowest BCUT2D eigenvalue weighted by Crippen LogP contribution is -2.40. The summed E-state index contributed by atoms with van der Waals surface area (Å²) in [5.74, 6) is 1.48. The van der Waals surface area contributed by atoms with Crippen LogP contribution < -0.4 is 10.2 Å². The molecule has 1 aromatic carbocycles. The SMILES string of the molecule is CCC1CCCCN1c1nncc(Nc2ccccc2)n1. The minimum Gasteiger partial charge on any atom is -0.339 e. The maximum Gasteiger partial charge on any atom is 0.247 e. The first kappa shape index (κ1) is 13.8. The van der Waals surface area contributed by atoms with Gasteiger partial charge in [0.1, 0.15) is 0 Å². The topological polar surface area (TPSA) is 53.9 Å². The minimum absolute atomic E-state index is 0.535. The Morgan fingerprint density at radius 1 is 1.24 bits per heavy atom. The summed E-state index contributed by atoms with van der Waals surface area (Å²) in [5.41, 5.74) is 1.01. The van der Waals surface area contributed by atoms with Gasteiger partial charge < -0.3 is 10.2 Å². The second-order valence-electron chi connectivity index (χ2n) is 5.38. The smallest absolute Gasteiger partial charge is 0.247 e. The van der Waals surface area contributed by atoms with Crippen LogP contribution in [0.3, 0.4) is 0 Å². The first-order valence-electron chi connectivity index (χ1n) is 7.65. The maximum atomic E-state index is 4.63. The van der Waals surface area contributed by atoms with E-state index >= 15 is 0 Å². The highest BCUT2D eigenvalue weighted by Crippen LogP contribution is 2.24. The second-order valence-corrected chi connectivity index (χ2v) is 5.38. The fourth-order valence-electron chi connectivity index (χ4n) is 2.83. The maximum absolute atomic E-state index is 4.63. The Hall–Kier alpha value is -2.17. The first-order valence-corrected chi connectivity index (χ1v) is 7.65. The zero-order chi connectivity index (χ0) is 14.5. The molecule has 1 aliphatic heterocycles. The molecular weight excluding hydrogens is 262 g/mol. The van der Waals surface area contributed by atoms with Gasteiger partial charge in [0.15, 0.2) is 5.82 Å². The molecule has 5 nitrogen and oxygen atoms in total. The molecule has 0 spiro atoms. The highest BCUT2D eigenvalue weighted by molar-refractivity contribution is 5.55. The van der Waals surface area contributed by atoms with Gasteiger partial charge in [-0.15, -0.1) is 5.10 Å². The van der Waals surface area contributed by atoms with Crippen molar-refractivity contribution < 1.29 is 0 Å². The predicted molar refractivity (Wildman–Crippen MR) is 84.8 cm³/mol. The van der Waals surface area contributed by atoms with Crippen LogP contribution in [0.15, 0.2) is 36.5 Å². The fourth-order valence-corrected chi connectivity index (χ4v) is 2.83. The van der Waals surface area contributed by atoms with Gasteiger partial charge in [-0.05, 0) is 37.8 Å². The summed E-state index contributed by atoms with van der Waals surface area (Å²) in [7, 11) is 0. The van der Waals surface area contributed by atoms with Gasteiger partial charge in [0.2, 0.25) is 5.95 Å². The molecule has 0 saturated carbocycles. The quantitative estimate of drug-likeness (QED) is 0.932. The summed E-state index contributed by atoms with van der Waals surface area (Å²) >= 11 is 0. The van der Waals surface area contributed by atoms with Gasteiger partial charge >= 0.3 is 0 Å². The van der Waals surface area contributed by atoms with Gasteiger partial charge in [-0.3, -0.25) is 0 Å². The van der Waals surface area contributed by atoms with Crippen molar-refractivity contribution in [3.63, 3.8) is 0 Å². The highest BCUT2D eigenvalue weighted by atomic mass is 15.3. The van der Waals surface area contributed by atoms with Crippen LogP contribution in [-0.4, -0.2) is 27.8 Å². The van der Waals surface area contributed by atoms with Gasteiger partial charge in [-0.1, -0.05) is 25.1 Å². The summed E-state index contributed by atoms with van der Waals surface area (Å²) in [6.07, 6.45) is 6.51. The van der Waals surface area contributed by atoms with Crippen molar-refractivity contribution in [2.24, 2.45) is 0 Å². The third-order valence-electron chi connectivity index (χ3n) is 3.95. The van der Waals surface area contributed by atoms with E-state index in [0.717, 1.165) is 30.4 Å². The van der Waals surface area contributed by atoms with Crippen LogP contribution in [0.25, 0.3) is 0 Å². The van der Waals surface area contributed by atoms with E-state index < -0.39 is 0 Å². The summed E-state index contributed by atoms with van der Waals surface area (Å²) in [6, 6.07) is 10.5. The minimum atomic E-state index is 0.535. The molecule has 2 aromatic rings. The van der Waals surface area contributed by atoms with Crippen molar-refractivity contribution in [3.8, 4) is 0 Å². The molecule has 21 heavy (non-hydrogen) atoms. The summed E-state index contributed by atoms with van der Waals surface area (Å²) < 4.78 is 0. The van der Waals surface area contributed by atoms with Crippen LogP contribution >= 0.6 is 0 Å². The third-order valence-corrected chi connectivity index (χ3v) is 3.95. The molecular formula is C16H21N5. The van der Waals surface area contributed by atoms with Crippen LogP contribution in [0.4, 0.5) is 17.5 Å². The number of aromatic nitrogens is 3. The lowest BCUT2D eigenvalue weighted by molar-refractivity contribution is 0.442. The number of hydrogen-bond donors (Lipinski definition) is 1. The van der Waals surface area contributed by atoms with Gasteiger partial charge in [0.05, 0.1) is 6.20 Å². The second kappa shape index (κ2) is 6.52. The standard InChI is InChI=1S/C16H21N5/c1-2-14-10-6-7-11-21(14)16-19-15(12-17-20-16)18-13-8-4-3-5-9-13/h3-5,8-9,12,14H,2,6-7,10-11H2,1H3,(H,18,19,20). The van der Waals surface area contributed by atoms with Crippen LogP contribution in [0.2, 0.25) is 0 Å². The molecule has 1 N–H and O–H groups in total. The molecule has 0 amide bonds. The molecule has 110 valence electrons. The van der Waals surface area contributed by atoms with E-state index in [4.69, 9.17) is 0 Å². The number of anilines is 3. The molecule has 1 unspecified atom stereocenters. The van der Waals surface area contributed by atoms with Crippen molar-refractivity contribution >= 4 is 17.5 Å². The van der Waals surface area contributed by atoms with Crippen LogP contribution in [-0.2, 0) is 0 Å². The first-order chi connectivity index (χ1) is 10.4. The van der Waals surface area contributed by atoms with Crippen LogP contribution in [0, 0.1) is 0 Å². The molecule has 1 aromatic heterocycles. The Labute approximate surface area is 125 Å². The molecule has 1 aliphatic rings. The lowest BCUT2D eigenvalue weighted by atomic mass is 10.0. The molecule has 0 aliphatic carbocycles. The van der Waals surface area contributed by atoms with Crippen molar-refractivity contribution in [2.75, 3.05) is 16.8 Å². The highest BCUT2D eigenvalue weighted by Gasteiger charge is 2.23. The van der Waals surface area contributed by atoms with Crippen molar-refractivity contribution in [3.05, 3.63) is 36.5 Å². The van der Waals surface area contributed by atoms with E-state index in [1.165, 1.54) is 19.3 Å². The van der Waals surface area contributed by atoms with Gasteiger partial charge in [0, 0.05) is 18.3 Å².